The van der Waals surface area contributed by atoms with E-state index in [1.807, 2.05) is 30.3 Å². The van der Waals surface area contributed by atoms with Gasteiger partial charge < -0.3 is 25.4 Å². The molecule has 0 unspecified atom stereocenters. The molecule has 3 N–H and O–H groups in total. The minimum atomic E-state index is -0.996. The van der Waals surface area contributed by atoms with E-state index in [0.717, 1.165) is 5.69 Å². The van der Waals surface area contributed by atoms with Crippen molar-refractivity contribution >= 4 is 29.1 Å². The van der Waals surface area contributed by atoms with Crippen molar-refractivity contribution in [2.24, 2.45) is 0 Å². The summed E-state index contributed by atoms with van der Waals surface area (Å²) >= 11 is 0. The lowest BCUT2D eigenvalue weighted by molar-refractivity contribution is -0.119. The van der Waals surface area contributed by atoms with E-state index < -0.39 is 29.5 Å². The molecule has 0 aliphatic rings. The topological polar surface area (TPSA) is 88.7 Å². The number of carbonyl (C=O) groups is 2. The number of anilines is 3. The van der Waals surface area contributed by atoms with Crippen LogP contribution in [0.1, 0.15) is 20.8 Å². The molecule has 0 aliphatic carbocycles. The molecule has 0 spiro atoms. The van der Waals surface area contributed by atoms with Crippen molar-refractivity contribution in [3.05, 3.63) is 54.3 Å². The van der Waals surface area contributed by atoms with Gasteiger partial charge in [0.25, 0.3) is 0 Å². The van der Waals surface area contributed by atoms with Gasteiger partial charge in [0.15, 0.2) is 0 Å². The first-order chi connectivity index (χ1) is 13.7. The van der Waals surface area contributed by atoms with Crippen LogP contribution in [-0.4, -0.2) is 37.4 Å². The smallest absolute Gasteiger partial charge is 0.408 e. The number of hydrogen-bond acceptors (Lipinski definition) is 5. The van der Waals surface area contributed by atoms with Gasteiger partial charge in [-0.15, -0.1) is 0 Å². The fourth-order valence-electron chi connectivity index (χ4n) is 2.43. The van der Waals surface area contributed by atoms with Crippen molar-refractivity contribution in [2.45, 2.75) is 32.4 Å². The summed E-state index contributed by atoms with van der Waals surface area (Å²) in [5, 5.41) is 8.24. The number of carbonyl (C=O) groups excluding carboxylic acids is 2. The van der Waals surface area contributed by atoms with Crippen LogP contribution in [0, 0.1) is 5.82 Å². The van der Waals surface area contributed by atoms with Crippen LogP contribution in [0.25, 0.3) is 0 Å². The third-order valence-corrected chi connectivity index (χ3v) is 3.63. The van der Waals surface area contributed by atoms with Gasteiger partial charge in [0, 0.05) is 12.8 Å². The maximum atomic E-state index is 13.7. The Hall–Kier alpha value is -3.13. The van der Waals surface area contributed by atoms with E-state index in [1.165, 1.54) is 25.3 Å². The third-order valence-electron chi connectivity index (χ3n) is 3.63. The summed E-state index contributed by atoms with van der Waals surface area (Å²) in [4.78, 5) is 24.7. The second kappa shape index (κ2) is 9.88. The zero-order chi connectivity index (χ0) is 21.4. The molecule has 29 heavy (non-hydrogen) atoms. The van der Waals surface area contributed by atoms with E-state index in [0.29, 0.717) is 11.4 Å². The van der Waals surface area contributed by atoms with Gasteiger partial charge in [-0.3, -0.25) is 4.79 Å². The number of nitrogens with one attached hydrogen (secondary N) is 3. The van der Waals surface area contributed by atoms with Crippen molar-refractivity contribution < 1.29 is 23.5 Å². The van der Waals surface area contributed by atoms with Gasteiger partial charge in [0.05, 0.1) is 18.0 Å². The fourth-order valence-corrected chi connectivity index (χ4v) is 2.43. The first-order valence-electron chi connectivity index (χ1n) is 9.09. The Morgan fingerprint density at radius 1 is 1.07 bits per heavy atom. The molecule has 0 radical (unpaired) electrons. The monoisotopic (exact) mass is 403 g/mol. The fraction of sp³-hybridized carbons (Fsp3) is 0.333. The molecule has 0 saturated carbocycles. The van der Waals surface area contributed by atoms with Crippen molar-refractivity contribution in [1.29, 1.82) is 0 Å². The second-order valence-electron chi connectivity index (χ2n) is 7.32. The minimum absolute atomic E-state index is 0.0618. The summed E-state index contributed by atoms with van der Waals surface area (Å²) in [6, 6.07) is 12.1. The quantitative estimate of drug-likeness (QED) is 0.649. The van der Waals surface area contributed by atoms with Crippen LogP contribution >= 0.6 is 0 Å². The average Bonchev–Trinajstić information content (AvgIpc) is 2.63. The lowest BCUT2D eigenvalue weighted by Crippen LogP contribution is -2.48. The minimum Gasteiger partial charge on any atom is -0.444 e. The number of benzene rings is 2. The zero-order valence-corrected chi connectivity index (χ0v) is 16.9. The Balaban J connectivity index is 2.15. The van der Waals surface area contributed by atoms with E-state index in [4.69, 9.17) is 9.47 Å². The number of ether oxygens (including phenoxy) is 2. The molecule has 0 bridgehead atoms. The number of rotatable bonds is 7. The van der Waals surface area contributed by atoms with E-state index in [2.05, 4.69) is 16.0 Å². The van der Waals surface area contributed by atoms with Gasteiger partial charge >= 0.3 is 6.09 Å². The predicted octanol–water partition coefficient (Wildman–Crippen LogP) is 4.05. The molecule has 2 aromatic carbocycles. The highest BCUT2D eigenvalue weighted by Crippen LogP contribution is 2.26. The second-order valence-corrected chi connectivity index (χ2v) is 7.32. The highest BCUT2D eigenvalue weighted by molar-refractivity contribution is 5.99. The molecule has 2 amide bonds. The Bertz CT molecular complexity index is 838. The van der Waals surface area contributed by atoms with Crippen LogP contribution in [-0.2, 0) is 14.3 Å². The molecular formula is C21H26FN3O4. The summed E-state index contributed by atoms with van der Waals surface area (Å²) in [5.41, 5.74) is 0.751. The normalized spacial score (nSPS) is 12.0. The Kier molecular flexibility index (Phi) is 7.55. The van der Waals surface area contributed by atoms with Gasteiger partial charge in [-0.05, 0) is 51.1 Å². The summed E-state index contributed by atoms with van der Waals surface area (Å²) in [6.45, 7) is 5.10. The maximum Gasteiger partial charge on any atom is 0.408 e. The molecule has 156 valence electrons. The van der Waals surface area contributed by atoms with Crippen molar-refractivity contribution in [3.63, 3.8) is 0 Å². The summed E-state index contributed by atoms with van der Waals surface area (Å²) < 4.78 is 24.0. The Morgan fingerprint density at radius 2 is 1.76 bits per heavy atom. The third kappa shape index (κ3) is 7.42. The maximum absolute atomic E-state index is 13.7. The molecule has 8 heteroatoms. The van der Waals surface area contributed by atoms with Crippen molar-refractivity contribution in [1.82, 2.24) is 5.32 Å². The SMILES string of the molecule is COC[C@H](NC(=O)OC(C)(C)C)C(=O)Nc1ccc(F)cc1Nc1ccccc1. The molecule has 1 atom stereocenters. The van der Waals surface area contributed by atoms with Crippen LogP contribution in [0.4, 0.5) is 26.2 Å². The highest BCUT2D eigenvalue weighted by atomic mass is 19.1. The van der Waals surface area contributed by atoms with E-state index >= 15 is 0 Å². The lowest BCUT2D eigenvalue weighted by Gasteiger charge is -2.23. The molecule has 0 aliphatic heterocycles. The van der Waals surface area contributed by atoms with E-state index in [9.17, 15) is 14.0 Å². The molecule has 7 nitrogen and oxygen atoms in total. The van der Waals surface area contributed by atoms with Crippen LogP contribution < -0.4 is 16.0 Å². The summed E-state index contributed by atoms with van der Waals surface area (Å²) in [7, 11) is 1.41. The van der Waals surface area contributed by atoms with Gasteiger partial charge in [-0.1, -0.05) is 18.2 Å². The van der Waals surface area contributed by atoms with Crippen LogP contribution in [0.15, 0.2) is 48.5 Å². The Labute approximate surface area is 169 Å². The lowest BCUT2D eigenvalue weighted by atomic mass is 10.2. The number of hydrogen-bond donors (Lipinski definition) is 3. The van der Waals surface area contributed by atoms with Gasteiger partial charge in [-0.2, -0.15) is 0 Å². The van der Waals surface area contributed by atoms with Gasteiger partial charge in [-0.25, -0.2) is 9.18 Å². The molecule has 0 aromatic heterocycles. The van der Waals surface area contributed by atoms with Crippen LogP contribution in [0.2, 0.25) is 0 Å². The molecule has 0 saturated heterocycles. The Morgan fingerprint density at radius 3 is 2.38 bits per heavy atom. The predicted molar refractivity (Wildman–Crippen MR) is 110 cm³/mol. The van der Waals surface area contributed by atoms with E-state index in [-0.39, 0.29) is 6.61 Å². The molecular weight excluding hydrogens is 377 g/mol. The van der Waals surface area contributed by atoms with Gasteiger partial charge in [0.1, 0.15) is 17.5 Å². The number of halogens is 1. The summed E-state index contributed by atoms with van der Waals surface area (Å²) in [6.07, 6.45) is -0.739. The summed E-state index contributed by atoms with van der Waals surface area (Å²) in [5.74, 6) is -0.984. The number of alkyl carbamates (subject to hydrolysis) is 1. The first-order valence-corrected chi connectivity index (χ1v) is 9.09. The van der Waals surface area contributed by atoms with Crippen molar-refractivity contribution in [2.75, 3.05) is 24.4 Å². The largest absolute Gasteiger partial charge is 0.444 e. The zero-order valence-electron chi connectivity index (χ0n) is 16.9. The number of amides is 2. The van der Waals surface area contributed by atoms with Crippen LogP contribution in [0.3, 0.4) is 0 Å². The molecule has 0 heterocycles. The van der Waals surface area contributed by atoms with Gasteiger partial charge in [0.2, 0.25) is 5.91 Å². The van der Waals surface area contributed by atoms with Crippen molar-refractivity contribution in [3.8, 4) is 0 Å². The number of methoxy groups -OCH3 is 1. The molecule has 2 rings (SSSR count). The molecule has 0 fully saturated rings. The number of para-hydroxylation sites is 1. The van der Waals surface area contributed by atoms with Crippen LogP contribution in [0.5, 0.6) is 0 Å². The highest BCUT2D eigenvalue weighted by Gasteiger charge is 2.25. The molecule has 2 aromatic rings. The first kappa shape index (κ1) is 22.2. The van der Waals surface area contributed by atoms with E-state index in [1.54, 1.807) is 20.8 Å². The average molecular weight is 403 g/mol. The standard InChI is InChI=1S/C21H26FN3O4/c1-21(2,3)29-20(27)25-18(13-28-4)19(26)24-16-11-10-14(22)12-17(16)23-15-8-6-5-7-9-15/h5-12,18,23H,13H2,1-4H3,(H,24,26)(H,25,27)/t18-/m0/s1.